The largest absolute Gasteiger partial charge is 0.376 e. The zero-order valence-electron chi connectivity index (χ0n) is 13.5. The summed E-state index contributed by atoms with van der Waals surface area (Å²) >= 11 is 3.43. The Kier molecular flexibility index (Phi) is 5.93. The number of halogens is 1. The van der Waals surface area contributed by atoms with Crippen molar-refractivity contribution in [3.8, 4) is 0 Å². The maximum absolute atomic E-state index is 11.9. The van der Waals surface area contributed by atoms with Gasteiger partial charge in [-0.2, -0.15) is 5.10 Å². The lowest BCUT2D eigenvalue weighted by Gasteiger charge is -2.13. The fourth-order valence-corrected chi connectivity index (χ4v) is 2.81. The van der Waals surface area contributed by atoms with Crippen LogP contribution in [0.5, 0.6) is 0 Å². The summed E-state index contributed by atoms with van der Waals surface area (Å²) in [6, 6.07) is 11.9. The van der Waals surface area contributed by atoms with Crippen molar-refractivity contribution in [1.82, 2.24) is 5.43 Å². The van der Waals surface area contributed by atoms with Crippen LogP contribution in [0.15, 0.2) is 46.0 Å². The zero-order valence-corrected chi connectivity index (χ0v) is 15.1. The summed E-state index contributed by atoms with van der Waals surface area (Å²) in [4.78, 5) is 11.9. The molecule has 0 atom stereocenters. The van der Waals surface area contributed by atoms with Gasteiger partial charge in [-0.3, -0.25) is 4.79 Å². The van der Waals surface area contributed by atoms with Gasteiger partial charge in [0.15, 0.2) is 0 Å². The van der Waals surface area contributed by atoms with E-state index in [0.717, 1.165) is 26.9 Å². The fourth-order valence-electron chi connectivity index (χ4n) is 2.42. The average molecular weight is 374 g/mol. The van der Waals surface area contributed by atoms with Gasteiger partial charge in [-0.05, 0) is 38.0 Å². The highest BCUT2D eigenvalue weighted by molar-refractivity contribution is 9.10. The number of rotatable bonds is 5. The van der Waals surface area contributed by atoms with Crippen LogP contribution in [0.25, 0.3) is 0 Å². The number of hydrogen-bond acceptors (Lipinski definition) is 3. The van der Waals surface area contributed by atoms with Gasteiger partial charge in [0.25, 0.3) is 5.91 Å². The average Bonchev–Trinajstić information content (AvgIpc) is 2.48. The minimum atomic E-state index is -0.187. The van der Waals surface area contributed by atoms with Gasteiger partial charge in [-0.15, -0.1) is 0 Å². The molecule has 0 aromatic heterocycles. The normalized spacial score (nSPS) is 10.8. The second-order valence-corrected chi connectivity index (χ2v) is 6.30. The zero-order chi connectivity index (χ0) is 16.8. The van der Waals surface area contributed by atoms with E-state index in [9.17, 15) is 4.79 Å². The number of carbonyl (C=O) groups excluding carboxylic acids is 1. The monoisotopic (exact) mass is 373 g/mol. The minimum Gasteiger partial charge on any atom is -0.376 e. The Morgan fingerprint density at radius 3 is 2.48 bits per heavy atom. The van der Waals surface area contributed by atoms with Gasteiger partial charge in [0, 0.05) is 15.7 Å². The molecule has 120 valence electrons. The number of nitrogens with zero attached hydrogens (tertiary/aromatic N) is 1. The number of hydrogen-bond donors (Lipinski definition) is 2. The lowest BCUT2D eigenvalue weighted by Crippen LogP contribution is -2.26. The van der Waals surface area contributed by atoms with Gasteiger partial charge >= 0.3 is 0 Å². The first-order chi connectivity index (χ1) is 11.0. The van der Waals surface area contributed by atoms with Crippen molar-refractivity contribution in [1.29, 1.82) is 0 Å². The molecule has 23 heavy (non-hydrogen) atoms. The van der Waals surface area contributed by atoms with Crippen LogP contribution in [0.1, 0.15) is 22.3 Å². The number of anilines is 1. The van der Waals surface area contributed by atoms with E-state index in [1.807, 2.05) is 38.1 Å². The van der Waals surface area contributed by atoms with Crippen LogP contribution >= 0.6 is 15.9 Å². The molecule has 0 aliphatic carbocycles. The summed E-state index contributed by atoms with van der Waals surface area (Å²) in [5.41, 5.74) is 7.91. The van der Waals surface area contributed by atoms with Crippen LogP contribution in [0.3, 0.4) is 0 Å². The highest BCUT2D eigenvalue weighted by Gasteiger charge is 2.05. The molecular weight excluding hydrogens is 354 g/mol. The fraction of sp³-hybridized carbons (Fsp3) is 0.222. The third-order valence-corrected chi connectivity index (χ3v) is 4.12. The van der Waals surface area contributed by atoms with Crippen molar-refractivity contribution in [3.63, 3.8) is 0 Å². The minimum absolute atomic E-state index is 0.179. The van der Waals surface area contributed by atoms with Crippen molar-refractivity contribution in [3.05, 3.63) is 63.1 Å². The predicted octanol–water partition coefficient (Wildman–Crippen LogP) is 3.94. The number of hydrazone groups is 1. The molecule has 0 aliphatic rings. The van der Waals surface area contributed by atoms with Crippen LogP contribution in [0.4, 0.5) is 5.69 Å². The van der Waals surface area contributed by atoms with Crippen molar-refractivity contribution in [2.45, 2.75) is 20.8 Å². The molecule has 0 aliphatic heterocycles. The van der Waals surface area contributed by atoms with Crippen LogP contribution in [0.2, 0.25) is 0 Å². The lowest BCUT2D eigenvalue weighted by atomic mass is 10.1. The summed E-state index contributed by atoms with van der Waals surface area (Å²) in [7, 11) is 0. The summed E-state index contributed by atoms with van der Waals surface area (Å²) in [6.45, 7) is 6.31. The van der Waals surface area contributed by atoms with E-state index in [1.54, 1.807) is 6.21 Å². The number of carbonyl (C=O) groups is 1. The molecule has 0 saturated heterocycles. The first kappa shape index (κ1) is 17.2. The third kappa shape index (κ3) is 4.93. The molecule has 0 unspecified atom stereocenters. The number of amides is 1. The molecule has 2 aromatic carbocycles. The molecule has 5 heteroatoms. The SMILES string of the molecule is Cc1cc(C)c(NCC(=O)N/N=C\c2ccccc2Br)c(C)c1. The van der Waals surface area contributed by atoms with Crippen molar-refractivity contribution >= 4 is 33.7 Å². The van der Waals surface area contributed by atoms with Crippen molar-refractivity contribution in [2.24, 2.45) is 5.10 Å². The Labute approximate surface area is 145 Å². The number of aryl methyl sites for hydroxylation is 3. The van der Waals surface area contributed by atoms with Crippen LogP contribution in [-0.2, 0) is 4.79 Å². The van der Waals surface area contributed by atoms with Crippen LogP contribution in [0, 0.1) is 20.8 Å². The van der Waals surface area contributed by atoms with E-state index >= 15 is 0 Å². The van der Waals surface area contributed by atoms with Crippen molar-refractivity contribution < 1.29 is 4.79 Å². The molecule has 0 spiro atoms. The van der Waals surface area contributed by atoms with Gasteiger partial charge in [-0.1, -0.05) is 51.8 Å². The molecular formula is C18H20BrN3O. The Morgan fingerprint density at radius 2 is 1.83 bits per heavy atom. The van der Waals surface area contributed by atoms with Gasteiger partial charge in [0.05, 0.1) is 12.8 Å². The lowest BCUT2D eigenvalue weighted by molar-refractivity contribution is -0.119. The summed E-state index contributed by atoms with van der Waals surface area (Å²) in [6.07, 6.45) is 1.62. The van der Waals surface area contributed by atoms with Gasteiger partial charge in [0.1, 0.15) is 0 Å². The van der Waals surface area contributed by atoms with Gasteiger partial charge in [-0.25, -0.2) is 5.43 Å². The Hall–Kier alpha value is -2.14. The molecule has 0 bridgehead atoms. The standard InChI is InChI=1S/C18H20BrN3O/c1-12-8-13(2)18(14(3)9-12)20-11-17(23)22-21-10-15-6-4-5-7-16(15)19/h4-10,20H,11H2,1-3H3,(H,22,23)/b21-10-. The molecule has 2 N–H and O–H groups in total. The van der Waals surface area contributed by atoms with Crippen LogP contribution in [-0.4, -0.2) is 18.7 Å². The molecule has 0 radical (unpaired) electrons. The van der Waals surface area contributed by atoms with E-state index < -0.39 is 0 Å². The Bertz CT molecular complexity index is 718. The van der Waals surface area contributed by atoms with E-state index in [2.05, 4.69) is 50.8 Å². The molecule has 0 heterocycles. The predicted molar refractivity (Wildman–Crippen MR) is 99.0 cm³/mol. The molecule has 4 nitrogen and oxygen atoms in total. The summed E-state index contributed by atoms with van der Waals surface area (Å²) in [5.74, 6) is -0.187. The molecule has 0 saturated carbocycles. The maximum Gasteiger partial charge on any atom is 0.259 e. The molecule has 0 fully saturated rings. The molecule has 2 rings (SSSR count). The van der Waals surface area contributed by atoms with E-state index in [4.69, 9.17) is 0 Å². The Morgan fingerprint density at radius 1 is 1.17 bits per heavy atom. The second kappa shape index (κ2) is 7.92. The van der Waals surface area contributed by atoms with Gasteiger partial charge in [0.2, 0.25) is 0 Å². The highest BCUT2D eigenvalue weighted by Crippen LogP contribution is 2.21. The van der Waals surface area contributed by atoms with Crippen LogP contribution < -0.4 is 10.7 Å². The van der Waals surface area contributed by atoms with Crippen molar-refractivity contribution in [2.75, 3.05) is 11.9 Å². The highest BCUT2D eigenvalue weighted by atomic mass is 79.9. The smallest absolute Gasteiger partial charge is 0.259 e. The van der Waals surface area contributed by atoms with Gasteiger partial charge < -0.3 is 5.32 Å². The second-order valence-electron chi connectivity index (χ2n) is 5.44. The number of benzene rings is 2. The number of nitrogens with one attached hydrogen (secondary N) is 2. The summed E-state index contributed by atoms with van der Waals surface area (Å²) in [5, 5.41) is 7.15. The topological polar surface area (TPSA) is 53.5 Å². The first-order valence-corrected chi connectivity index (χ1v) is 8.15. The molecule has 1 amide bonds. The molecule has 2 aromatic rings. The first-order valence-electron chi connectivity index (χ1n) is 7.35. The van der Waals surface area contributed by atoms with E-state index in [-0.39, 0.29) is 12.5 Å². The third-order valence-electron chi connectivity index (χ3n) is 3.40. The van der Waals surface area contributed by atoms with E-state index in [0.29, 0.717) is 0 Å². The van der Waals surface area contributed by atoms with E-state index in [1.165, 1.54) is 5.56 Å². The summed E-state index contributed by atoms with van der Waals surface area (Å²) < 4.78 is 0.932. The maximum atomic E-state index is 11.9. The quantitative estimate of drug-likeness (QED) is 0.615. The Balaban J connectivity index is 1.90.